The lowest BCUT2D eigenvalue weighted by atomic mass is 10.1. The van der Waals surface area contributed by atoms with E-state index in [1.54, 1.807) is 13.8 Å². The number of carbonyl (C=O) groups excluding carboxylic acids is 1. The van der Waals surface area contributed by atoms with Gasteiger partial charge in [0.1, 0.15) is 21.3 Å². The number of carbonyl (C=O) groups is 1. The van der Waals surface area contributed by atoms with Crippen molar-refractivity contribution < 1.29 is 14.6 Å². The molecule has 0 aliphatic heterocycles. The predicted molar refractivity (Wildman–Crippen MR) is 87.6 cm³/mol. The Morgan fingerprint density at radius 1 is 1.36 bits per heavy atom. The van der Waals surface area contributed by atoms with E-state index in [1.807, 2.05) is 20.8 Å². The van der Waals surface area contributed by atoms with E-state index >= 15 is 0 Å². The second-order valence-corrected chi connectivity index (χ2v) is 6.74. The number of hydrogen-bond acceptors (Lipinski definition) is 7. The average molecular weight is 323 g/mol. The van der Waals surface area contributed by atoms with Gasteiger partial charge in [-0.1, -0.05) is 0 Å². The van der Waals surface area contributed by atoms with E-state index < -0.39 is 5.54 Å². The Labute approximate surface area is 133 Å². The Kier molecular flexibility index (Phi) is 4.67. The smallest absolute Gasteiger partial charge is 0.348 e. The van der Waals surface area contributed by atoms with Crippen molar-refractivity contribution in [1.82, 2.24) is 9.97 Å². The van der Waals surface area contributed by atoms with Crippen molar-refractivity contribution in [1.29, 1.82) is 0 Å². The molecule has 0 aromatic carbocycles. The number of nitrogens with zero attached hydrogens (tertiary/aromatic N) is 2. The number of rotatable bonds is 5. The highest BCUT2D eigenvalue weighted by molar-refractivity contribution is 7.20. The second kappa shape index (κ2) is 6.18. The summed E-state index contributed by atoms with van der Waals surface area (Å²) < 4.78 is 5.09. The summed E-state index contributed by atoms with van der Waals surface area (Å²) in [5.41, 5.74) is 0.279. The molecular formula is C15H21N3O3S. The summed E-state index contributed by atoms with van der Waals surface area (Å²) in [7, 11) is 0. The molecule has 0 saturated heterocycles. The lowest BCUT2D eigenvalue weighted by Crippen LogP contribution is -2.35. The fourth-order valence-electron chi connectivity index (χ4n) is 2.09. The molecule has 0 amide bonds. The summed E-state index contributed by atoms with van der Waals surface area (Å²) >= 11 is 1.31. The number of aliphatic hydroxyl groups is 1. The van der Waals surface area contributed by atoms with Crippen LogP contribution < -0.4 is 5.32 Å². The maximum Gasteiger partial charge on any atom is 0.348 e. The zero-order valence-electron chi connectivity index (χ0n) is 13.5. The Balaban J connectivity index is 2.60. The zero-order chi connectivity index (χ0) is 16.5. The van der Waals surface area contributed by atoms with Crippen molar-refractivity contribution >= 4 is 33.3 Å². The highest BCUT2D eigenvalue weighted by Crippen LogP contribution is 2.35. The van der Waals surface area contributed by atoms with Gasteiger partial charge in [0.25, 0.3) is 0 Å². The highest BCUT2D eigenvalue weighted by Gasteiger charge is 2.24. The molecule has 0 unspecified atom stereocenters. The van der Waals surface area contributed by atoms with E-state index in [0.29, 0.717) is 23.1 Å². The molecule has 0 bridgehead atoms. The maximum atomic E-state index is 12.1. The Bertz CT molecular complexity index is 710. The third-order valence-electron chi connectivity index (χ3n) is 3.21. The van der Waals surface area contributed by atoms with Crippen LogP contribution in [0.3, 0.4) is 0 Å². The average Bonchev–Trinajstić information content (AvgIpc) is 2.76. The van der Waals surface area contributed by atoms with Crippen LogP contribution in [-0.2, 0) is 4.74 Å². The van der Waals surface area contributed by atoms with Gasteiger partial charge in [0, 0.05) is 0 Å². The molecule has 0 atom stereocenters. The van der Waals surface area contributed by atoms with Crippen molar-refractivity contribution in [3.05, 3.63) is 16.3 Å². The van der Waals surface area contributed by atoms with Crippen LogP contribution in [-0.4, -0.2) is 39.8 Å². The predicted octanol–water partition coefficient (Wildman–Crippen LogP) is 2.67. The number of fused-ring (bicyclic) bond motifs is 1. The maximum absolute atomic E-state index is 12.1. The van der Waals surface area contributed by atoms with Gasteiger partial charge in [-0.25, -0.2) is 14.8 Å². The van der Waals surface area contributed by atoms with Gasteiger partial charge in [0.05, 0.1) is 24.1 Å². The summed E-state index contributed by atoms with van der Waals surface area (Å²) in [5, 5.41) is 13.5. The third-order valence-corrected chi connectivity index (χ3v) is 4.38. The van der Waals surface area contributed by atoms with Gasteiger partial charge >= 0.3 is 5.97 Å². The fourth-order valence-corrected chi connectivity index (χ4v) is 3.21. The lowest BCUT2D eigenvalue weighted by molar-refractivity contribution is 0.0531. The summed E-state index contributed by atoms with van der Waals surface area (Å²) in [6.45, 7) is 9.50. The first kappa shape index (κ1) is 16.6. The minimum atomic E-state index is -0.522. The van der Waals surface area contributed by atoms with Crippen LogP contribution in [0.1, 0.15) is 41.8 Å². The summed E-state index contributed by atoms with van der Waals surface area (Å²) in [4.78, 5) is 22.2. The van der Waals surface area contributed by atoms with Gasteiger partial charge in [-0.3, -0.25) is 0 Å². The van der Waals surface area contributed by atoms with Crippen molar-refractivity contribution in [2.75, 3.05) is 18.5 Å². The topological polar surface area (TPSA) is 84.3 Å². The van der Waals surface area contributed by atoms with Crippen LogP contribution in [0.5, 0.6) is 0 Å². The van der Waals surface area contributed by atoms with Crippen LogP contribution in [0.4, 0.5) is 5.82 Å². The molecule has 0 fully saturated rings. The van der Waals surface area contributed by atoms with Gasteiger partial charge in [-0.05, 0) is 40.2 Å². The van der Waals surface area contributed by atoms with Crippen LogP contribution >= 0.6 is 11.3 Å². The van der Waals surface area contributed by atoms with Crippen molar-refractivity contribution in [3.8, 4) is 0 Å². The van der Waals surface area contributed by atoms with Gasteiger partial charge in [0.15, 0.2) is 0 Å². The van der Waals surface area contributed by atoms with Gasteiger partial charge in [0.2, 0.25) is 0 Å². The van der Waals surface area contributed by atoms with Gasteiger partial charge in [-0.2, -0.15) is 0 Å². The molecule has 22 heavy (non-hydrogen) atoms. The largest absolute Gasteiger partial charge is 0.462 e. The van der Waals surface area contributed by atoms with Gasteiger partial charge < -0.3 is 15.2 Å². The summed E-state index contributed by atoms with van der Waals surface area (Å²) in [6, 6.07) is 0. The first-order valence-corrected chi connectivity index (χ1v) is 7.94. The number of ether oxygens (including phenoxy) is 1. The van der Waals surface area contributed by atoms with E-state index in [0.717, 1.165) is 15.8 Å². The van der Waals surface area contributed by atoms with E-state index in [9.17, 15) is 9.90 Å². The molecule has 7 heteroatoms. The molecule has 2 N–H and O–H groups in total. The van der Waals surface area contributed by atoms with Crippen LogP contribution in [0.25, 0.3) is 10.2 Å². The molecule has 0 aliphatic carbocycles. The third kappa shape index (κ3) is 3.20. The van der Waals surface area contributed by atoms with E-state index in [4.69, 9.17) is 4.74 Å². The Morgan fingerprint density at radius 2 is 2.05 bits per heavy atom. The molecule has 0 radical (unpaired) electrons. The van der Waals surface area contributed by atoms with E-state index in [2.05, 4.69) is 15.3 Å². The first-order valence-electron chi connectivity index (χ1n) is 7.13. The number of aliphatic hydroxyl groups excluding tert-OH is 1. The van der Waals surface area contributed by atoms with E-state index in [1.165, 1.54) is 11.3 Å². The molecule has 6 nitrogen and oxygen atoms in total. The molecule has 120 valence electrons. The zero-order valence-corrected chi connectivity index (χ0v) is 14.3. The fraction of sp³-hybridized carbons (Fsp3) is 0.533. The summed E-state index contributed by atoms with van der Waals surface area (Å²) in [5.74, 6) is 0.902. The molecular weight excluding hydrogens is 302 g/mol. The number of thiophene rings is 1. The number of aryl methyl sites for hydroxylation is 2. The molecule has 0 aliphatic rings. The van der Waals surface area contributed by atoms with Crippen LogP contribution in [0, 0.1) is 13.8 Å². The van der Waals surface area contributed by atoms with E-state index in [-0.39, 0.29) is 12.6 Å². The second-order valence-electron chi connectivity index (χ2n) is 5.74. The van der Waals surface area contributed by atoms with Crippen molar-refractivity contribution in [2.45, 2.75) is 40.2 Å². The normalized spacial score (nSPS) is 11.7. The molecule has 0 saturated carbocycles. The Morgan fingerprint density at radius 3 is 2.64 bits per heavy atom. The number of hydrogen-bond donors (Lipinski definition) is 2. The van der Waals surface area contributed by atoms with Crippen LogP contribution in [0.15, 0.2) is 0 Å². The summed E-state index contributed by atoms with van der Waals surface area (Å²) in [6.07, 6.45) is 0. The minimum absolute atomic E-state index is 0.0362. The van der Waals surface area contributed by atoms with Crippen molar-refractivity contribution in [2.24, 2.45) is 0 Å². The number of aromatic nitrogens is 2. The Hall–Kier alpha value is -1.73. The molecule has 2 rings (SSSR count). The van der Waals surface area contributed by atoms with Crippen molar-refractivity contribution in [3.63, 3.8) is 0 Å². The highest BCUT2D eigenvalue weighted by atomic mass is 32.1. The number of anilines is 1. The minimum Gasteiger partial charge on any atom is -0.462 e. The quantitative estimate of drug-likeness (QED) is 0.823. The molecule has 2 heterocycles. The SMILES string of the molecule is CCOC(=O)c1sc2nc(C)nc(NC(C)(C)CO)c2c1C. The monoisotopic (exact) mass is 323 g/mol. The first-order chi connectivity index (χ1) is 10.3. The molecule has 2 aromatic heterocycles. The molecule has 2 aromatic rings. The number of esters is 1. The number of nitrogens with one attached hydrogen (secondary N) is 1. The lowest BCUT2D eigenvalue weighted by Gasteiger charge is -2.24. The van der Waals surface area contributed by atoms with Crippen LogP contribution in [0.2, 0.25) is 0 Å². The standard InChI is InChI=1S/C15H21N3O3S/c1-6-21-14(20)11-8(2)10-12(18-15(4,5)7-19)16-9(3)17-13(10)22-11/h19H,6-7H2,1-5H3,(H,16,17,18). The molecule has 0 spiro atoms. The van der Waals surface area contributed by atoms with Gasteiger partial charge in [-0.15, -0.1) is 11.3 Å².